The normalized spacial score (nSPS) is 30.4. The highest BCUT2D eigenvalue weighted by molar-refractivity contribution is 6.29. The Kier molecular flexibility index (Phi) is 10.5. The molecule has 18 nitrogen and oxygen atoms in total. The van der Waals surface area contributed by atoms with E-state index in [1.807, 2.05) is 0 Å². The van der Waals surface area contributed by atoms with Crippen LogP contribution in [0.5, 0.6) is 0 Å². The summed E-state index contributed by atoms with van der Waals surface area (Å²) < 4.78 is 14.1. The van der Waals surface area contributed by atoms with Crippen molar-refractivity contribution in [1.29, 1.82) is 0 Å². The lowest BCUT2D eigenvalue weighted by Gasteiger charge is -2.17. The predicted molar refractivity (Wildman–Crippen MR) is 178 cm³/mol. The van der Waals surface area contributed by atoms with Crippen LogP contribution in [0.25, 0.3) is 22.3 Å². The van der Waals surface area contributed by atoms with Crippen LogP contribution < -0.4 is 10.6 Å². The summed E-state index contributed by atoms with van der Waals surface area (Å²) in [5, 5.41) is 65.7. The molecule has 2 saturated carbocycles. The molecular weight excluding hydrogens is 699 g/mol. The minimum Gasteiger partial charge on any atom is -0.394 e. The van der Waals surface area contributed by atoms with Gasteiger partial charge in [0.1, 0.15) is 36.6 Å². The summed E-state index contributed by atoms with van der Waals surface area (Å²) in [5.74, 6) is 1.10. The maximum atomic E-state index is 10.2. The first kappa shape index (κ1) is 35.4. The lowest BCUT2D eigenvalue weighted by atomic mass is 10.1. The van der Waals surface area contributed by atoms with Crippen molar-refractivity contribution in [3.05, 3.63) is 23.2 Å². The zero-order valence-corrected chi connectivity index (χ0v) is 28.3. The summed E-state index contributed by atoms with van der Waals surface area (Å²) in [6.07, 6.45) is 3.54. The molecule has 0 unspecified atom stereocenters. The Morgan fingerprint density at radius 2 is 1.00 bits per heavy atom. The monoisotopic (exact) mass is 738 g/mol. The van der Waals surface area contributed by atoms with Crippen LogP contribution in [0.2, 0.25) is 10.6 Å². The smallest absolute Gasteiger partial charge is 0.226 e. The average Bonchev–Trinajstić information content (AvgIpc) is 3.96. The van der Waals surface area contributed by atoms with Gasteiger partial charge in [-0.15, -0.1) is 0 Å². The molecule has 272 valence electrons. The Morgan fingerprint density at radius 3 is 1.34 bits per heavy atom. The number of aromatic nitrogens is 8. The van der Waals surface area contributed by atoms with E-state index in [0.29, 0.717) is 46.0 Å². The highest BCUT2D eigenvalue weighted by atomic mass is 35.5. The van der Waals surface area contributed by atoms with Gasteiger partial charge in [-0.1, -0.05) is 25.7 Å². The minimum absolute atomic E-state index is 0.0569. The third-order valence-corrected chi connectivity index (χ3v) is 10.1. The summed E-state index contributed by atoms with van der Waals surface area (Å²) in [6.45, 7) is -0.794. The van der Waals surface area contributed by atoms with Gasteiger partial charge < -0.3 is 50.7 Å². The fraction of sp³-hybridized carbons (Fsp3) is 0.667. The maximum Gasteiger partial charge on any atom is 0.226 e. The van der Waals surface area contributed by atoms with Gasteiger partial charge in [-0.05, 0) is 48.9 Å². The van der Waals surface area contributed by atoms with Gasteiger partial charge in [-0.3, -0.25) is 9.13 Å². The van der Waals surface area contributed by atoms with Gasteiger partial charge in [0.15, 0.2) is 46.4 Å². The van der Waals surface area contributed by atoms with Gasteiger partial charge in [0.2, 0.25) is 10.6 Å². The summed E-state index contributed by atoms with van der Waals surface area (Å²) in [6, 6.07) is 0.654. The van der Waals surface area contributed by atoms with E-state index in [9.17, 15) is 30.6 Å². The van der Waals surface area contributed by atoms with Gasteiger partial charge >= 0.3 is 0 Å². The molecular formula is C30H40Cl2N10O8. The van der Waals surface area contributed by atoms with E-state index in [2.05, 4.69) is 40.5 Å². The molecule has 0 amide bonds. The highest BCUT2D eigenvalue weighted by Crippen LogP contribution is 2.35. The summed E-state index contributed by atoms with van der Waals surface area (Å²) in [7, 11) is 0. The van der Waals surface area contributed by atoms with Crippen molar-refractivity contribution in [2.45, 2.75) is 113 Å². The molecule has 50 heavy (non-hydrogen) atoms. The maximum absolute atomic E-state index is 10.2. The number of nitrogens with one attached hydrogen (secondary N) is 2. The van der Waals surface area contributed by atoms with Crippen LogP contribution in [0, 0.1) is 0 Å². The van der Waals surface area contributed by atoms with E-state index < -0.39 is 62.3 Å². The number of anilines is 2. The summed E-state index contributed by atoms with van der Waals surface area (Å²) in [4.78, 5) is 25.6. The Bertz CT molecular complexity index is 1660. The number of imidazole rings is 2. The molecule has 4 aliphatic rings. The number of hydrogen-bond acceptors (Lipinski definition) is 16. The Balaban J connectivity index is 0.000000157. The first-order chi connectivity index (χ1) is 24.2. The van der Waals surface area contributed by atoms with Crippen molar-refractivity contribution in [1.82, 2.24) is 39.0 Å². The summed E-state index contributed by atoms with van der Waals surface area (Å²) >= 11 is 12.1. The quantitative estimate of drug-likeness (QED) is 0.117. The number of ether oxygens (including phenoxy) is 2. The number of halogens is 2. The van der Waals surface area contributed by atoms with Gasteiger partial charge in [-0.25, -0.2) is 9.97 Å². The van der Waals surface area contributed by atoms with E-state index in [4.69, 9.17) is 32.7 Å². The van der Waals surface area contributed by atoms with Gasteiger partial charge in [0.25, 0.3) is 0 Å². The zero-order valence-electron chi connectivity index (χ0n) is 26.8. The molecule has 0 radical (unpaired) electrons. The Hall–Kier alpha value is -3.04. The number of fused-ring (bicyclic) bond motifs is 2. The number of rotatable bonds is 8. The third kappa shape index (κ3) is 6.81. The van der Waals surface area contributed by atoms with Crippen molar-refractivity contribution in [3.8, 4) is 0 Å². The first-order valence-corrected chi connectivity index (χ1v) is 17.5. The largest absolute Gasteiger partial charge is 0.394 e. The van der Waals surface area contributed by atoms with E-state index in [0.717, 1.165) is 25.7 Å². The standard InChI is InChI=1S/2C15H20ClN5O4/c2*16-15-19-12(18-7-3-1-2-4-7)9-13(20-15)21(6-17-9)14-11(24)10(23)8(5-22)25-14/h2*6-8,10-11,14,22-24H,1-5H2,(H,18,19,20)/t2*8-,10-,11-,14-/m11/s1. The molecule has 20 heteroatoms. The molecule has 6 heterocycles. The highest BCUT2D eigenvalue weighted by Gasteiger charge is 2.45. The number of aliphatic hydroxyl groups is 6. The molecule has 8 atom stereocenters. The second kappa shape index (κ2) is 14.9. The van der Waals surface area contributed by atoms with Crippen molar-refractivity contribution in [2.24, 2.45) is 0 Å². The van der Waals surface area contributed by atoms with Crippen LogP contribution in [0.3, 0.4) is 0 Å². The predicted octanol–water partition coefficient (Wildman–Crippen LogP) is 0.891. The molecule has 2 aliphatic carbocycles. The Labute approximate surface area is 295 Å². The Morgan fingerprint density at radius 1 is 0.620 bits per heavy atom. The van der Waals surface area contributed by atoms with E-state index in [-0.39, 0.29) is 10.6 Å². The molecule has 8 rings (SSSR count). The van der Waals surface area contributed by atoms with Crippen molar-refractivity contribution in [3.63, 3.8) is 0 Å². The van der Waals surface area contributed by atoms with Crippen LogP contribution in [0.4, 0.5) is 11.6 Å². The molecule has 0 aromatic carbocycles. The molecule has 4 fully saturated rings. The lowest BCUT2D eigenvalue weighted by Crippen LogP contribution is -2.33. The van der Waals surface area contributed by atoms with Crippen LogP contribution in [-0.2, 0) is 9.47 Å². The lowest BCUT2D eigenvalue weighted by molar-refractivity contribution is -0.0511. The van der Waals surface area contributed by atoms with Crippen molar-refractivity contribution < 1.29 is 40.1 Å². The SMILES string of the molecule is OC[C@H]1O[C@@H](n2cnc3c(NC4CCCC4)nc(Cl)nc32)[C@H](O)[C@@H]1O.OC[C@H]1O[C@@H](n2cnc3c(NC4CCCC4)nc(Cl)nc32)[C@H](O)[C@@H]1O. The third-order valence-electron chi connectivity index (χ3n) is 9.76. The minimum atomic E-state index is -1.21. The van der Waals surface area contributed by atoms with Crippen LogP contribution in [-0.4, -0.2) is 132 Å². The second-order valence-electron chi connectivity index (χ2n) is 13.0. The molecule has 4 aromatic rings. The number of hydrogen-bond donors (Lipinski definition) is 8. The van der Waals surface area contributed by atoms with Crippen LogP contribution >= 0.6 is 23.2 Å². The van der Waals surface area contributed by atoms with Crippen molar-refractivity contribution >= 4 is 57.2 Å². The molecule has 0 bridgehead atoms. The molecule has 4 aromatic heterocycles. The van der Waals surface area contributed by atoms with Crippen molar-refractivity contribution in [2.75, 3.05) is 23.8 Å². The molecule has 2 aliphatic heterocycles. The van der Waals surface area contributed by atoms with Gasteiger partial charge in [0, 0.05) is 12.1 Å². The zero-order chi connectivity index (χ0) is 35.1. The van der Waals surface area contributed by atoms with Crippen LogP contribution in [0.15, 0.2) is 12.7 Å². The van der Waals surface area contributed by atoms with Gasteiger partial charge in [0.05, 0.1) is 25.9 Å². The first-order valence-electron chi connectivity index (χ1n) is 16.7. The fourth-order valence-corrected chi connectivity index (χ4v) is 7.43. The molecule has 0 spiro atoms. The summed E-state index contributed by atoms with van der Waals surface area (Å²) in [5.41, 5.74) is 1.84. The van der Waals surface area contributed by atoms with Crippen LogP contribution in [0.1, 0.15) is 63.8 Å². The van der Waals surface area contributed by atoms with E-state index in [1.54, 1.807) is 0 Å². The fourth-order valence-electron chi connectivity index (χ4n) is 7.10. The van der Waals surface area contributed by atoms with Gasteiger partial charge in [-0.2, -0.15) is 19.9 Å². The van der Waals surface area contributed by atoms with E-state index in [1.165, 1.54) is 47.5 Å². The molecule has 2 saturated heterocycles. The number of nitrogens with zero attached hydrogens (tertiary/aromatic N) is 8. The number of aliphatic hydroxyl groups excluding tert-OH is 6. The second-order valence-corrected chi connectivity index (χ2v) is 13.7. The average molecular weight is 740 g/mol. The molecule has 8 N–H and O–H groups in total. The topological polar surface area (TPSA) is 251 Å². The van der Waals surface area contributed by atoms with E-state index >= 15 is 0 Å².